The molecule has 8 nitrogen and oxygen atoms in total. The van der Waals surface area contributed by atoms with Crippen LogP contribution in [-0.2, 0) is 4.74 Å². The van der Waals surface area contributed by atoms with E-state index in [2.05, 4.69) is 13.8 Å². The average molecular weight is 603 g/mol. The van der Waals surface area contributed by atoms with Gasteiger partial charge in [0.2, 0.25) is 0 Å². The Morgan fingerprint density at radius 3 is 2.34 bits per heavy atom. The highest BCUT2D eigenvalue weighted by Gasteiger charge is 2.67. The van der Waals surface area contributed by atoms with Crippen molar-refractivity contribution in [2.45, 2.75) is 89.3 Å². The van der Waals surface area contributed by atoms with Crippen LogP contribution in [-0.4, -0.2) is 64.8 Å². The Kier molecular flexibility index (Phi) is 7.42. The second-order valence-electron chi connectivity index (χ2n) is 14.8. The smallest absolute Gasteiger partial charge is 0.410 e. The molecule has 8 unspecified atom stereocenters. The van der Waals surface area contributed by atoms with Crippen LogP contribution >= 0.6 is 0 Å². The molecule has 1 N–H and O–H groups in total. The average Bonchev–Trinajstić information content (AvgIpc) is 3.32. The number of benzene rings is 1. The quantitative estimate of drug-likeness (QED) is 0.474. The minimum Gasteiger partial charge on any atom is -0.446 e. The predicted molar refractivity (Wildman–Crippen MR) is 165 cm³/mol. The first-order chi connectivity index (χ1) is 21.1. The van der Waals surface area contributed by atoms with Crippen molar-refractivity contribution in [3.8, 4) is 0 Å². The van der Waals surface area contributed by atoms with Gasteiger partial charge in [-0.3, -0.25) is 4.79 Å². The molecule has 0 radical (unpaired) electrons. The number of nitrogens with zero attached hydrogens (tertiary/aromatic N) is 2. The molecule has 8 atom stereocenters. The van der Waals surface area contributed by atoms with Gasteiger partial charge in [0.1, 0.15) is 6.10 Å². The maximum absolute atomic E-state index is 13.2. The third kappa shape index (κ3) is 4.70. The normalized spacial score (nSPS) is 38.3. The van der Waals surface area contributed by atoms with Gasteiger partial charge < -0.3 is 24.1 Å². The van der Waals surface area contributed by atoms with Gasteiger partial charge in [0.15, 0.2) is 0 Å². The van der Waals surface area contributed by atoms with Gasteiger partial charge in [-0.25, -0.2) is 9.59 Å². The summed E-state index contributed by atoms with van der Waals surface area (Å²) in [5.74, 6) is 1.40. The van der Waals surface area contributed by atoms with Crippen molar-refractivity contribution in [2.75, 3.05) is 26.2 Å². The second-order valence-corrected chi connectivity index (χ2v) is 14.8. The lowest BCUT2D eigenvalue weighted by atomic mass is 9.43. The summed E-state index contributed by atoms with van der Waals surface area (Å²) in [6.45, 7) is 6.72. The summed E-state index contributed by atoms with van der Waals surface area (Å²) < 4.78 is 11.4. The van der Waals surface area contributed by atoms with Gasteiger partial charge in [-0.1, -0.05) is 32.0 Å². The SMILES string of the molecule is CC12CCC(OC(=O)N3CCN(C(=O)c4ccccc4)CC3)CC1CCC1C2CCC2(C)C(c3ccc(=O)oc3)CCC12O. The maximum Gasteiger partial charge on any atom is 0.410 e. The van der Waals surface area contributed by atoms with E-state index < -0.39 is 5.60 Å². The van der Waals surface area contributed by atoms with Gasteiger partial charge in [0, 0.05) is 43.2 Å². The van der Waals surface area contributed by atoms with Crippen molar-refractivity contribution in [3.63, 3.8) is 0 Å². The Bertz CT molecular complexity index is 1430. The standard InChI is InChI=1S/C36H46N2O6/c1-34-15-12-27(44-33(41)38-20-18-37(19-21-38)32(40)24-6-4-3-5-7-24)22-26(34)9-10-30-29(34)13-16-35(2)28(14-17-36(30,35)42)25-8-11-31(39)43-23-25/h3-8,11,23,26-30,42H,9-10,12-22H2,1-2H3. The number of hydrogen-bond acceptors (Lipinski definition) is 6. The Hall–Kier alpha value is -3.13. The van der Waals surface area contributed by atoms with Crippen LogP contribution in [0, 0.1) is 28.6 Å². The van der Waals surface area contributed by atoms with Gasteiger partial charge in [0.25, 0.3) is 5.91 Å². The fourth-order valence-electron chi connectivity index (χ4n) is 10.5. The van der Waals surface area contributed by atoms with Crippen LogP contribution in [0.4, 0.5) is 4.79 Å². The molecule has 1 aromatic carbocycles. The van der Waals surface area contributed by atoms with E-state index in [1.165, 1.54) is 6.07 Å². The molecule has 2 heterocycles. The Morgan fingerprint density at radius 2 is 1.61 bits per heavy atom. The molecule has 1 aromatic heterocycles. The molecule has 2 aromatic rings. The first-order valence-corrected chi connectivity index (χ1v) is 16.7. The van der Waals surface area contributed by atoms with Gasteiger partial charge in [-0.15, -0.1) is 0 Å². The number of fused-ring (bicyclic) bond motifs is 5. The highest BCUT2D eigenvalue weighted by molar-refractivity contribution is 5.94. The number of amides is 2. The van der Waals surface area contributed by atoms with Crippen LogP contribution in [0.1, 0.15) is 93.5 Å². The minimum absolute atomic E-state index is 0.00927. The Labute approximate surface area is 259 Å². The molecular weight excluding hydrogens is 556 g/mol. The summed E-state index contributed by atoms with van der Waals surface area (Å²) in [5, 5.41) is 12.5. The van der Waals surface area contributed by atoms with Crippen molar-refractivity contribution in [1.82, 2.24) is 9.80 Å². The molecule has 5 fully saturated rings. The number of carbonyl (C=O) groups excluding carboxylic acids is 2. The number of hydrogen-bond donors (Lipinski definition) is 1. The van der Waals surface area contributed by atoms with E-state index in [9.17, 15) is 19.5 Å². The summed E-state index contributed by atoms with van der Waals surface area (Å²) in [4.78, 5) is 41.2. The number of aliphatic hydroxyl groups is 1. The molecule has 1 aliphatic heterocycles. The molecule has 7 rings (SSSR count). The number of piperazine rings is 1. The fraction of sp³-hybridized carbons (Fsp3) is 0.639. The minimum atomic E-state index is -0.724. The lowest BCUT2D eigenvalue weighted by Crippen LogP contribution is -2.62. The molecule has 1 saturated heterocycles. The van der Waals surface area contributed by atoms with Crippen molar-refractivity contribution < 1.29 is 23.8 Å². The zero-order valence-corrected chi connectivity index (χ0v) is 26.1. The van der Waals surface area contributed by atoms with E-state index in [1.807, 2.05) is 41.3 Å². The van der Waals surface area contributed by atoms with E-state index in [0.29, 0.717) is 43.6 Å². The van der Waals surface area contributed by atoms with Crippen LogP contribution in [0.3, 0.4) is 0 Å². The molecule has 4 saturated carbocycles. The maximum atomic E-state index is 13.2. The number of carbonyl (C=O) groups is 2. The topological polar surface area (TPSA) is 100 Å². The molecule has 236 valence electrons. The first-order valence-electron chi connectivity index (χ1n) is 16.7. The van der Waals surface area contributed by atoms with E-state index >= 15 is 0 Å². The Balaban J connectivity index is 0.968. The van der Waals surface area contributed by atoms with Crippen molar-refractivity contribution in [1.29, 1.82) is 0 Å². The molecule has 44 heavy (non-hydrogen) atoms. The zero-order valence-electron chi connectivity index (χ0n) is 26.1. The third-order valence-corrected chi connectivity index (χ3v) is 13.0. The van der Waals surface area contributed by atoms with E-state index in [0.717, 1.165) is 63.4 Å². The zero-order chi connectivity index (χ0) is 30.7. The molecule has 2 amide bonds. The van der Waals surface area contributed by atoms with Crippen molar-refractivity contribution in [3.05, 3.63) is 70.3 Å². The molecule has 5 aliphatic rings. The second kappa shape index (κ2) is 11.0. The summed E-state index contributed by atoms with van der Waals surface area (Å²) in [6.07, 6.45) is 9.86. The summed E-state index contributed by atoms with van der Waals surface area (Å²) in [7, 11) is 0. The molecule has 0 bridgehead atoms. The molecule has 8 heteroatoms. The summed E-state index contributed by atoms with van der Waals surface area (Å²) in [5.41, 5.74) is 0.549. The van der Waals surface area contributed by atoms with E-state index in [-0.39, 0.29) is 46.4 Å². The van der Waals surface area contributed by atoms with Crippen LogP contribution in [0.15, 0.2) is 57.9 Å². The van der Waals surface area contributed by atoms with Gasteiger partial charge in [-0.2, -0.15) is 0 Å². The molecular formula is C36H46N2O6. The lowest BCUT2D eigenvalue weighted by molar-refractivity contribution is -0.205. The lowest BCUT2D eigenvalue weighted by Gasteiger charge is -2.63. The van der Waals surface area contributed by atoms with Crippen LogP contribution < -0.4 is 5.63 Å². The van der Waals surface area contributed by atoms with Crippen molar-refractivity contribution >= 4 is 12.0 Å². The predicted octanol–water partition coefficient (Wildman–Crippen LogP) is 5.84. The Morgan fingerprint density at radius 1 is 0.864 bits per heavy atom. The first kappa shape index (κ1) is 29.6. The van der Waals surface area contributed by atoms with E-state index in [1.54, 1.807) is 11.2 Å². The highest BCUT2D eigenvalue weighted by Crippen LogP contribution is 2.70. The van der Waals surface area contributed by atoms with Gasteiger partial charge in [0.05, 0.1) is 11.9 Å². The summed E-state index contributed by atoms with van der Waals surface area (Å²) in [6, 6.07) is 12.7. The fourth-order valence-corrected chi connectivity index (χ4v) is 10.5. The molecule has 0 spiro atoms. The molecule has 4 aliphatic carbocycles. The van der Waals surface area contributed by atoms with Crippen molar-refractivity contribution in [2.24, 2.45) is 28.6 Å². The van der Waals surface area contributed by atoms with Gasteiger partial charge >= 0.3 is 11.7 Å². The van der Waals surface area contributed by atoms with E-state index in [4.69, 9.17) is 9.15 Å². The highest BCUT2D eigenvalue weighted by atomic mass is 16.6. The van der Waals surface area contributed by atoms with Crippen LogP contribution in [0.2, 0.25) is 0 Å². The largest absolute Gasteiger partial charge is 0.446 e. The van der Waals surface area contributed by atoms with Gasteiger partial charge in [-0.05, 0) is 111 Å². The summed E-state index contributed by atoms with van der Waals surface area (Å²) >= 11 is 0. The number of ether oxygens (including phenoxy) is 1. The number of rotatable bonds is 3. The monoisotopic (exact) mass is 602 g/mol. The van der Waals surface area contributed by atoms with Crippen LogP contribution in [0.5, 0.6) is 0 Å². The van der Waals surface area contributed by atoms with Crippen LogP contribution in [0.25, 0.3) is 0 Å². The third-order valence-electron chi connectivity index (χ3n) is 13.0.